The summed E-state index contributed by atoms with van der Waals surface area (Å²) in [6.07, 6.45) is -0.382. The predicted octanol–water partition coefficient (Wildman–Crippen LogP) is 3.18. The minimum Gasteiger partial charge on any atom is -0.314 e. The molecule has 0 spiro atoms. The standard InChI is InChI=1S/C19H23ClF3N5O2S/c20-15-6-5-14(19(21,22)23)12-16(15)31(29,30)27-10-8-26(9-11-27)13-18-25-24-17-4-2-1-3-7-28(17)18/h5-6,12H,1-4,7-11,13H2. The Morgan fingerprint density at radius 1 is 1.00 bits per heavy atom. The minimum atomic E-state index is -4.65. The Morgan fingerprint density at radius 3 is 2.45 bits per heavy atom. The molecule has 1 saturated heterocycles. The van der Waals surface area contributed by atoms with Crippen LogP contribution in [-0.2, 0) is 35.7 Å². The fraction of sp³-hybridized carbons (Fsp3) is 0.579. The molecule has 1 aromatic carbocycles. The molecule has 31 heavy (non-hydrogen) atoms. The molecule has 0 N–H and O–H groups in total. The number of sulfonamides is 1. The van der Waals surface area contributed by atoms with E-state index in [-0.39, 0.29) is 18.1 Å². The van der Waals surface area contributed by atoms with Gasteiger partial charge in [-0.3, -0.25) is 4.90 Å². The number of benzene rings is 1. The fourth-order valence-corrected chi connectivity index (χ4v) is 5.93. The molecule has 0 saturated carbocycles. The van der Waals surface area contributed by atoms with Crippen LogP contribution in [0.1, 0.15) is 36.5 Å². The van der Waals surface area contributed by atoms with Crippen molar-refractivity contribution in [1.29, 1.82) is 0 Å². The lowest BCUT2D eigenvalue weighted by Gasteiger charge is -2.34. The summed E-state index contributed by atoms with van der Waals surface area (Å²) in [7, 11) is -4.14. The molecule has 1 aromatic heterocycles. The Morgan fingerprint density at radius 2 is 1.74 bits per heavy atom. The van der Waals surface area contributed by atoms with Gasteiger partial charge in [0.2, 0.25) is 10.0 Å². The van der Waals surface area contributed by atoms with Gasteiger partial charge in [0.15, 0.2) is 0 Å². The average Bonchev–Trinajstić information content (AvgIpc) is 2.94. The van der Waals surface area contributed by atoms with Crippen LogP contribution in [0, 0.1) is 0 Å². The summed E-state index contributed by atoms with van der Waals surface area (Å²) in [5.74, 6) is 1.86. The summed E-state index contributed by atoms with van der Waals surface area (Å²) in [5.41, 5.74) is -1.04. The van der Waals surface area contributed by atoms with Gasteiger partial charge in [-0.15, -0.1) is 10.2 Å². The SMILES string of the molecule is O=S(=O)(c1cc(C(F)(F)F)ccc1Cl)N1CCN(Cc2nnc3n2CCCCC3)CC1. The quantitative estimate of drug-likeness (QED) is 0.676. The van der Waals surface area contributed by atoms with Crippen LogP contribution in [0.3, 0.4) is 0 Å². The van der Waals surface area contributed by atoms with Crippen LogP contribution in [0.5, 0.6) is 0 Å². The van der Waals surface area contributed by atoms with E-state index < -0.39 is 26.7 Å². The van der Waals surface area contributed by atoms with Gasteiger partial charge in [0.1, 0.15) is 16.5 Å². The second-order valence-corrected chi connectivity index (χ2v) is 10.1. The zero-order valence-corrected chi connectivity index (χ0v) is 18.3. The summed E-state index contributed by atoms with van der Waals surface area (Å²) in [6, 6.07) is 2.36. The summed E-state index contributed by atoms with van der Waals surface area (Å²) in [5, 5.41) is 8.38. The number of hydrogen-bond donors (Lipinski definition) is 0. The highest BCUT2D eigenvalue weighted by Gasteiger charge is 2.35. The Bertz CT molecular complexity index is 1050. The van der Waals surface area contributed by atoms with E-state index in [1.807, 2.05) is 0 Å². The van der Waals surface area contributed by atoms with Crippen molar-refractivity contribution >= 4 is 21.6 Å². The fourth-order valence-electron chi connectivity index (χ4n) is 4.01. The van der Waals surface area contributed by atoms with Gasteiger partial charge in [-0.05, 0) is 31.0 Å². The van der Waals surface area contributed by atoms with Crippen molar-refractivity contribution in [2.45, 2.75) is 49.8 Å². The lowest BCUT2D eigenvalue weighted by molar-refractivity contribution is -0.137. The van der Waals surface area contributed by atoms with Crippen molar-refractivity contribution in [2.24, 2.45) is 0 Å². The van der Waals surface area contributed by atoms with Crippen molar-refractivity contribution in [3.63, 3.8) is 0 Å². The Balaban J connectivity index is 1.45. The summed E-state index contributed by atoms with van der Waals surface area (Å²) in [6.45, 7) is 2.66. The molecule has 7 nitrogen and oxygen atoms in total. The Labute approximate surface area is 183 Å². The highest BCUT2D eigenvalue weighted by molar-refractivity contribution is 7.89. The normalized spacial score (nSPS) is 19.2. The van der Waals surface area contributed by atoms with E-state index in [1.54, 1.807) is 0 Å². The smallest absolute Gasteiger partial charge is 0.314 e. The van der Waals surface area contributed by atoms with Crippen LogP contribution in [-0.4, -0.2) is 58.6 Å². The number of aryl methyl sites for hydroxylation is 1. The largest absolute Gasteiger partial charge is 0.416 e. The molecule has 0 aliphatic carbocycles. The van der Waals surface area contributed by atoms with Gasteiger partial charge in [-0.1, -0.05) is 18.0 Å². The van der Waals surface area contributed by atoms with E-state index in [0.29, 0.717) is 25.7 Å². The molecule has 0 radical (unpaired) electrons. The van der Waals surface area contributed by atoms with Crippen molar-refractivity contribution in [2.75, 3.05) is 26.2 Å². The van der Waals surface area contributed by atoms with E-state index in [0.717, 1.165) is 56.0 Å². The monoisotopic (exact) mass is 477 g/mol. The minimum absolute atomic E-state index is 0.163. The molecule has 12 heteroatoms. The number of aromatic nitrogens is 3. The van der Waals surface area contributed by atoms with Crippen molar-refractivity contribution in [3.05, 3.63) is 40.4 Å². The maximum atomic E-state index is 13.0. The van der Waals surface area contributed by atoms with Crippen LogP contribution >= 0.6 is 11.6 Å². The summed E-state index contributed by atoms with van der Waals surface area (Å²) < 4.78 is 68.4. The number of hydrogen-bond acceptors (Lipinski definition) is 5. The lowest BCUT2D eigenvalue weighted by Crippen LogP contribution is -2.48. The molecular formula is C19H23ClF3N5O2S. The van der Waals surface area contributed by atoms with Crippen molar-refractivity contribution in [3.8, 4) is 0 Å². The highest BCUT2D eigenvalue weighted by atomic mass is 35.5. The van der Waals surface area contributed by atoms with Crippen molar-refractivity contribution in [1.82, 2.24) is 24.0 Å². The van der Waals surface area contributed by atoms with E-state index >= 15 is 0 Å². The first-order chi connectivity index (χ1) is 14.7. The first-order valence-electron chi connectivity index (χ1n) is 10.2. The van der Waals surface area contributed by atoms with E-state index in [9.17, 15) is 21.6 Å². The van der Waals surface area contributed by atoms with E-state index in [1.165, 1.54) is 4.31 Å². The number of piperazine rings is 1. The molecule has 2 aliphatic rings. The molecule has 2 aliphatic heterocycles. The molecule has 0 atom stereocenters. The molecule has 0 amide bonds. The molecule has 1 fully saturated rings. The molecule has 2 aromatic rings. The van der Waals surface area contributed by atoms with Gasteiger partial charge >= 0.3 is 6.18 Å². The molecule has 3 heterocycles. The zero-order valence-electron chi connectivity index (χ0n) is 16.8. The van der Waals surface area contributed by atoms with Gasteiger partial charge in [-0.2, -0.15) is 17.5 Å². The second kappa shape index (κ2) is 8.68. The summed E-state index contributed by atoms with van der Waals surface area (Å²) >= 11 is 5.95. The van der Waals surface area contributed by atoms with Gasteiger partial charge in [-0.25, -0.2) is 8.42 Å². The first-order valence-corrected chi connectivity index (χ1v) is 12.0. The summed E-state index contributed by atoms with van der Waals surface area (Å²) in [4.78, 5) is 1.57. The average molecular weight is 478 g/mol. The highest BCUT2D eigenvalue weighted by Crippen LogP contribution is 2.34. The first kappa shape index (κ1) is 22.5. The van der Waals surface area contributed by atoms with Gasteiger partial charge in [0.25, 0.3) is 0 Å². The molecule has 4 rings (SSSR count). The number of alkyl halides is 3. The number of nitrogens with zero attached hydrogens (tertiary/aromatic N) is 5. The predicted molar refractivity (Wildman–Crippen MR) is 108 cm³/mol. The third-order valence-corrected chi connectivity index (χ3v) is 8.14. The third kappa shape index (κ3) is 4.74. The Hall–Kier alpha value is -1.69. The van der Waals surface area contributed by atoms with Crippen LogP contribution < -0.4 is 0 Å². The van der Waals surface area contributed by atoms with E-state index in [4.69, 9.17) is 11.6 Å². The number of halogens is 4. The number of rotatable bonds is 4. The van der Waals surface area contributed by atoms with Crippen LogP contribution in [0.25, 0.3) is 0 Å². The second-order valence-electron chi connectivity index (χ2n) is 7.82. The maximum Gasteiger partial charge on any atom is 0.416 e. The molecule has 0 unspecified atom stereocenters. The topological polar surface area (TPSA) is 71.3 Å². The van der Waals surface area contributed by atoms with Gasteiger partial charge < -0.3 is 4.57 Å². The number of fused-ring (bicyclic) bond motifs is 1. The van der Waals surface area contributed by atoms with Crippen LogP contribution in [0.15, 0.2) is 23.1 Å². The van der Waals surface area contributed by atoms with Crippen LogP contribution in [0.4, 0.5) is 13.2 Å². The molecular weight excluding hydrogens is 455 g/mol. The molecule has 0 bridgehead atoms. The van der Waals surface area contributed by atoms with Crippen LogP contribution in [0.2, 0.25) is 5.02 Å². The third-order valence-electron chi connectivity index (χ3n) is 5.76. The zero-order chi connectivity index (χ0) is 22.2. The lowest BCUT2D eigenvalue weighted by atomic mass is 10.2. The van der Waals surface area contributed by atoms with Gasteiger partial charge in [0.05, 0.1) is 17.1 Å². The van der Waals surface area contributed by atoms with E-state index in [2.05, 4.69) is 19.7 Å². The Kier molecular flexibility index (Phi) is 6.30. The maximum absolute atomic E-state index is 13.0. The van der Waals surface area contributed by atoms with Crippen molar-refractivity contribution < 1.29 is 21.6 Å². The van der Waals surface area contributed by atoms with Gasteiger partial charge in [0, 0.05) is 39.1 Å². The molecule has 170 valence electrons.